The number of aromatic nitrogens is 3. The van der Waals surface area contributed by atoms with Gasteiger partial charge in [0.1, 0.15) is 5.56 Å². The Morgan fingerprint density at radius 2 is 1.92 bits per heavy atom. The van der Waals surface area contributed by atoms with Crippen LogP contribution >= 0.6 is 0 Å². The molecule has 0 aliphatic carbocycles. The normalized spacial score (nSPS) is 11.1. The predicted molar refractivity (Wildman–Crippen MR) is 92.7 cm³/mol. The fourth-order valence-electron chi connectivity index (χ4n) is 2.83. The van der Waals surface area contributed by atoms with E-state index in [4.69, 9.17) is 4.52 Å². The third-order valence-electron chi connectivity index (χ3n) is 4.03. The average molecular weight is 317 g/mol. The average Bonchev–Trinajstić information content (AvgIpc) is 3.08. The summed E-state index contributed by atoms with van der Waals surface area (Å²) in [4.78, 5) is 17.1. The number of fused-ring (bicyclic) bond motifs is 1. The Hall–Kier alpha value is -3.21. The summed E-state index contributed by atoms with van der Waals surface area (Å²) in [7, 11) is 1.89. The van der Waals surface area contributed by atoms with Crippen molar-refractivity contribution in [1.82, 2.24) is 14.7 Å². The third kappa shape index (κ3) is 2.31. The van der Waals surface area contributed by atoms with Crippen LogP contribution in [0.1, 0.15) is 5.56 Å². The van der Waals surface area contributed by atoms with Crippen molar-refractivity contribution in [2.45, 2.75) is 6.92 Å². The molecule has 0 unspecified atom stereocenters. The number of pyridine rings is 1. The van der Waals surface area contributed by atoms with Gasteiger partial charge in [-0.15, -0.1) is 0 Å². The lowest BCUT2D eigenvalue weighted by Crippen LogP contribution is -2.10. The summed E-state index contributed by atoms with van der Waals surface area (Å²) < 4.78 is 7.25. The molecule has 0 saturated carbocycles. The lowest BCUT2D eigenvalue weighted by molar-refractivity contribution is 0.432. The lowest BCUT2D eigenvalue weighted by atomic mass is 10.1. The summed E-state index contributed by atoms with van der Waals surface area (Å²) in [6.07, 6.45) is 1.73. The summed E-state index contributed by atoms with van der Waals surface area (Å²) in [5, 5.41) is 4.65. The number of benzene rings is 2. The van der Waals surface area contributed by atoms with Gasteiger partial charge in [-0.2, -0.15) is 4.98 Å². The van der Waals surface area contributed by atoms with E-state index in [1.807, 2.05) is 61.0 Å². The molecule has 2 aromatic heterocycles. The molecule has 0 spiro atoms. The topological polar surface area (TPSA) is 60.9 Å². The largest absolute Gasteiger partial charge is 0.350 e. The van der Waals surface area contributed by atoms with Crippen LogP contribution in [0.2, 0.25) is 0 Å². The molecule has 24 heavy (non-hydrogen) atoms. The van der Waals surface area contributed by atoms with Gasteiger partial charge in [-0.05, 0) is 25.1 Å². The van der Waals surface area contributed by atoms with Crippen LogP contribution in [0, 0.1) is 6.92 Å². The number of nitrogens with zero attached hydrogens (tertiary/aromatic N) is 3. The van der Waals surface area contributed by atoms with Crippen LogP contribution in [-0.4, -0.2) is 14.7 Å². The van der Waals surface area contributed by atoms with Crippen molar-refractivity contribution in [2.24, 2.45) is 7.05 Å². The predicted octanol–water partition coefficient (Wildman–Crippen LogP) is 3.56. The van der Waals surface area contributed by atoms with Crippen molar-refractivity contribution in [2.75, 3.05) is 0 Å². The third-order valence-corrected chi connectivity index (χ3v) is 4.03. The first-order valence-corrected chi connectivity index (χ1v) is 7.63. The van der Waals surface area contributed by atoms with Gasteiger partial charge >= 0.3 is 0 Å². The van der Waals surface area contributed by atoms with Gasteiger partial charge in [-0.3, -0.25) is 4.79 Å². The number of hydrogen-bond donors (Lipinski definition) is 0. The van der Waals surface area contributed by atoms with Gasteiger partial charge in [0.25, 0.3) is 5.89 Å². The second-order valence-corrected chi connectivity index (χ2v) is 5.79. The van der Waals surface area contributed by atoms with Crippen LogP contribution in [0.5, 0.6) is 0 Å². The van der Waals surface area contributed by atoms with Crippen molar-refractivity contribution < 1.29 is 4.52 Å². The second-order valence-electron chi connectivity index (χ2n) is 5.79. The van der Waals surface area contributed by atoms with Crippen molar-refractivity contribution in [3.8, 4) is 22.8 Å². The van der Waals surface area contributed by atoms with E-state index >= 15 is 0 Å². The minimum atomic E-state index is -0.108. The van der Waals surface area contributed by atoms with Crippen LogP contribution in [0.25, 0.3) is 33.7 Å². The molecule has 0 bridgehead atoms. The van der Waals surface area contributed by atoms with Gasteiger partial charge in [0.2, 0.25) is 11.3 Å². The van der Waals surface area contributed by atoms with E-state index in [0.717, 1.165) is 16.6 Å². The van der Waals surface area contributed by atoms with Gasteiger partial charge in [0.15, 0.2) is 0 Å². The molecular formula is C19H15N3O2. The molecule has 0 amide bonds. The summed E-state index contributed by atoms with van der Waals surface area (Å²) in [5.41, 5.74) is 3.14. The first-order chi connectivity index (χ1) is 11.6. The van der Waals surface area contributed by atoms with Crippen molar-refractivity contribution in [1.29, 1.82) is 0 Å². The van der Waals surface area contributed by atoms with Crippen molar-refractivity contribution in [3.05, 3.63) is 70.5 Å². The van der Waals surface area contributed by atoms with Crippen LogP contribution < -0.4 is 5.43 Å². The smallest absolute Gasteiger partial charge is 0.263 e. The SMILES string of the molecule is Cc1cccc(-c2noc(-c3cn(C)c4ccccc4c3=O)n2)c1. The highest BCUT2D eigenvalue weighted by Crippen LogP contribution is 2.22. The number of aryl methyl sites for hydroxylation is 2. The molecule has 0 N–H and O–H groups in total. The quantitative estimate of drug-likeness (QED) is 0.567. The fourth-order valence-corrected chi connectivity index (χ4v) is 2.83. The minimum absolute atomic E-state index is 0.108. The molecule has 0 fully saturated rings. The zero-order valence-corrected chi connectivity index (χ0v) is 13.4. The summed E-state index contributed by atoms with van der Waals surface area (Å²) in [5.74, 6) is 0.710. The van der Waals surface area contributed by atoms with Gasteiger partial charge in [0.05, 0.1) is 5.52 Å². The summed E-state index contributed by atoms with van der Waals surface area (Å²) >= 11 is 0. The van der Waals surface area contributed by atoms with E-state index < -0.39 is 0 Å². The van der Waals surface area contributed by atoms with E-state index in [1.54, 1.807) is 12.3 Å². The maximum atomic E-state index is 12.7. The van der Waals surface area contributed by atoms with Crippen LogP contribution in [0.4, 0.5) is 0 Å². The molecule has 4 rings (SSSR count). The van der Waals surface area contributed by atoms with Gasteiger partial charge in [0, 0.05) is 24.2 Å². The Morgan fingerprint density at radius 3 is 2.75 bits per heavy atom. The standard InChI is InChI=1S/C19H15N3O2/c1-12-6-5-7-13(10-12)18-20-19(24-21-18)15-11-22(2)16-9-4-3-8-14(16)17(15)23/h3-11H,1-2H3. The van der Waals surface area contributed by atoms with E-state index in [1.165, 1.54) is 0 Å². The molecule has 0 atom stereocenters. The Kier molecular flexibility index (Phi) is 3.27. The molecule has 5 heteroatoms. The molecule has 2 heterocycles. The maximum absolute atomic E-state index is 12.7. The lowest BCUT2D eigenvalue weighted by Gasteiger charge is -2.06. The Morgan fingerprint density at radius 1 is 1.08 bits per heavy atom. The molecule has 0 aliphatic rings. The number of rotatable bonds is 2. The van der Waals surface area contributed by atoms with Crippen molar-refractivity contribution >= 4 is 10.9 Å². The van der Waals surface area contributed by atoms with E-state index in [9.17, 15) is 4.79 Å². The highest BCUT2D eigenvalue weighted by atomic mass is 16.5. The molecule has 4 aromatic rings. The zero-order valence-electron chi connectivity index (χ0n) is 13.4. The molecule has 5 nitrogen and oxygen atoms in total. The summed E-state index contributed by atoms with van der Waals surface area (Å²) in [6.45, 7) is 2.00. The van der Waals surface area contributed by atoms with E-state index in [2.05, 4.69) is 10.1 Å². The van der Waals surface area contributed by atoms with Gasteiger partial charge < -0.3 is 9.09 Å². The monoisotopic (exact) mass is 317 g/mol. The van der Waals surface area contributed by atoms with Crippen LogP contribution in [0.3, 0.4) is 0 Å². The highest BCUT2D eigenvalue weighted by molar-refractivity contribution is 5.82. The second kappa shape index (κ2) is 5.45. The number of para-hydroxylation sites is 1. The van der Waals surface area contributed by atoms with E-state index in [0.29, 0.717) is 16.8 Å². The van der Waals surface area contributed by atoms with Crippen molar-refractivity contribution in [3.63, 3.8) is 0 Å². The van der Waals surface area contributed by atoms with Crippen LogP contribution in [-0.2, 0) is 7.05 Å². The Labute approximate surface area is 138 Å². The molecule has 2 aromatic carbocycles. The highest BCUT2D eigenvalue weighted by Gasteiger charge is 2.16. The first-order valence-electron chi connectivity index (χ1n) is 7.63. The molecule has 118 valence electrons. The molecule has 0 saturated heterocycles. The maximum Gasteiger partial charge on any atom is 0.263 e. The van der Waals surface area contributed by atoms with Gasteiger partial charge in [-0.1, -0.05) is 41.1 Å². The van der Waals surface area contributed by atoms with E-state index in [-0.39, 0.29) is 11.3 Å². The van der Waals surface area contributed by atoms with Gasteiger partial charge in [-0.25, -0.2) is 0 Å². The fraction of sp³-hybridized carbons (Fsp3) is 0.105. The Bertz CT molecular complexity index is 1110. The first kappa shape index (κ1) is 14.4. The zero-order chi connectivity index (χ0) is 16.7. The number of hydrogen-bond acceptors (Lipinski definition) is 4. The molecule has 0 radical (unpaired) electrons. The summed E-state index contributed by atoms with van der Waals surface area (Å²) in [6, 6.07) is 15.3. The molecule has 0 aliphatic heterocycles. The van der Waals surface area contributed by atoms with Crippen LogP contribution in [0.15, 0.2) is 64.0 Å². The Balaban J connectivity index is 1.87. The minimum Gasteiger partial charge on any atom is -0.350 e. The molecular weight excluding hydrogens is 302 g/mol.